The molecule has 1 aromatic rings. The third-order valence-electron chi connectivity index (χ3n) is 4.53. The predicted octanol–water partition coefficient (Wildman–Crippen LogP) is 1.56. The highest BCUT2D eigenvalue weighted by Gasteiger charge is 2.24. The topological polar surface area (TPSA) is 34.1 Å². The summed E-state index contributed by atoms with van der Waals surface area (Å²) in [4.78, 5) is 11.7. The monoisotopic (exact) mass is 299 g/mol. The van der Waals surface area contributed by atoms with Gasteiger partial charge in [0.25, 0.3) is 0 Å². The fourth-order valence-electron chi connectivity index (χ4n) is 3.02. The molecule has 5 nitrogen and oxygen atoms in total. The number of para-hydroxylation sites is 1. The van der Waals surface area contributed by atoms with E-state index >= 15 is 0 Å². The SMILES string of the molecule is CNC1C=C(N2CCN(c3ccccc3)CC2)N=C(C)N1C. The van der Waals surface area contributed by atoms with Gasteiger partial charge in [-0.1, -0.05) is 18.2 Å². The van der Waals surface area contributed by atoms with Crippen molar-refractivity contribution in [2.24, 2.45) is 4.99 Å². The fourth-order valence-corrected chi connectivity index (χ4v) is 3.02. The zero-order valence-electron chi connectivity index (χ0n) is 13.7. The molecule has 0 radical (unpaired) electrons. The highest BCUT2D eigenvalue weighted by atomic mass is 15.4. The van der Waals surface area contributed by atoms with Crippen LogP contribution < -0.4 is 10.2 Å². The minimum atomic E-state index is 0.222. The molecule has 1 unspecified atom stereocenters. The van der Waals surface area contributed by atoms with Crippen molar-refractivity contribution in [3.05, 3.63) is 42.2 Å². The van der Waals surface area contributed by atoms with Crippen molar-refractivity contribution in [3.8, 4) is 0 Å². The van der Waals surface area contributed by atoms with Crippen molar-refractivity contribution in [1.29, 1.82) is 0 Å². The molecular weight excluding hydrogens is 274 g/mol. The normalized spacial score (nSPS) is 22.5. The Kier molecular flexibility index (Phi) is 4.34. The molecule has 0 aliphatic carbocycles. The van der Waals surface area contributed by atoms with Gasteiger partial charge in [0.15, 0.2) is 0 Å². The fraction of sp³-hybridized carbons (Fsp3) is 0.471. The Labute approximate surface area is 132 Å². The number of benzene rings is 1. The number of hydrogen-bond donors (Lipinski definition) is 1. The number of piperazine rings is 1. The van der Waals surface area contributed by atoms with Gasteiger partial charge in [-0.15, -0.1) is 0 Å². The smallest absolute Gasteiger partial charge is 0.130 e. The molecule has 1 aromatic carbocycles. The second-order valence-corrected chi connectivity index (χ2v) is 5.84. The van der Waals surface area contributed by atoms with Gasteiger partial charge in [-0.05, 0) is 32.2 Å². The Bertz CT molecular complexity index is 558. The Morgan fingerprint density at radius 2 is 1.68 bits per heavy atom. The van der Waals surface area contributed by atoms with E-state index in [2.05, 4.69) is 70.4 Å². The second-order valence-electron chi connectivity index (χ2n) is 5.84. The maximum Gasteiger partial charge on any atom is 0.130 e. The first-order valence-electron chi connectivity index (χ1n) is 7.91. The maximum atomic E-state index is 4.75. The molecule has 0 saturated carbocycles. The van der Waals surface area contributed by atoms with Gasteiger partial charge in [0.1, 0.15) is 17.8 Å². The Balaban J connectivity index is 1.66. The van der Waals surface area contributed by atoms with Crippen molar-refractivity contribution in [2.45, 2.75) is 13.1 Å². The van der Waals surface area contributed by atoms with E-state index in [4.69, 9.17) is 4.99 Å². The lowest BCUT2D eigenvalue weighted by molar-refractivity contribution is 0.296. The molecule has 2 aliphatic rings. The van der Waals surface area contributed by atoms with Crippen LogP contribution in [0.25, 0.3) is 0 Å². The number of nitrogens with zero attached hydrogens (tertiary/aromatic N) is 4. The molecular formula is C17H25N5. The molecule has 2 aliphatic heterocycles. The molecule has 1 fully saturated rings. The summed E-state index contributed by atoms with van der Waals surface area (Å²) >= 11 is 0. The summed E-state index contributed by atoms with van der Waals surface area (Å²) in [6.07, 6.45) is 2.44. The van der Waals surface area contributed by atoms with Crippen LogP contribution in [-0.2, 0) is 0 Å². The summed E-state index contributed by atoms with van der Waals surface area (Å²) in [5.74, 6) is 2.16. The van der Waals surface area contributed by atoms with Crippen LogP contribution in [0.4, 0.5) is 5.69 Å². The van der Waals surface area contributed by atoms with E-state index in [1.54, 1.807) is 0 Å². The average molecular weight is 299 g/mol. The molecule has 1 saturated heterocycles. The number of likely N-dealkylation sites (N-methyl/N-ethyl adjacent to an activating group) is 2. The van der Waals surface area contributed by atoms with Crippen molar-refractivity contribution in [3.63, 3.8) is 0 Å². The number of hydrogen-bond acceptors (Lipinski definition) is 5. The predicted molar refractivity (Wildman–Crippen MR) is 92.0 cm³/mol. The maximum absolute atomic E-state index is 4.75. The highest BCUT2D eigenvalue weighted by Crippen LogP contribution is 2.20. The first-order valence-corrected chi connectivity index (χ1v) is 7.91. The lowest BCUT2D eigenvalue weighted by atomic mass is 10.2. The van der Waals surface area contributed by atoms with E-state index in [0.717, 1.165) is 37.8 Å². The van der Waals surface area contributed by atoms with E-state index in [9.17, 15) is 0 Å². The van der Waals surface area contributed by atoms with Crippen LogP contribution in [0.3, 0.4) is 0 Å². The van der Waals surface area contributed by atoms with Gasteiger partial charge >= 0.3 is 0 Å². The number of aliphatic imine (C=N–C) groups is 1. The zero-order valence-corrected chi connectivity index (χ0v) is 13.7. The van der Waals surface area contributed by atoms with E-state index in [1.807, 2.05) is 7.05 Å². The molecule has 1 atom stereocenters. The minimum absolute atomic E-state index is 0.222. The average Bonchev–Trinajstić information content (AvgIpc) is 2.58. The largest absolute Gasteiger partial charge is 0.368 e. The summed E-state index contributed by atoms with van der Waals surface area (Å²) in [6.45, 7) is 6.17. The molecule has 22 heavy (non-hydrogen) atoms. The summed E-state index contributed by atoms with van der Waals surface area (Å²) in [6, 6.07) is 10.6. The van der Waals surface area contributed by atoms with Crippen LogP contribution in [0.15, 0.2) is 47.2 Å². The third-order valence-corrected chi connectivity index (χ3v) is 4.53. The second kappa shape index (κ2) is 6.40. The van der Waals surface area contributed by atoms with Gasteiger partial charge in [0, 0.05) is 38.9 Å². The van der Waals surface area contributed by atoms with Crippen LogP contribution in [0.1, 0.15) is 6.92 Å². The quantitative estimate of drug-likeness (QED) is 0.918. The molecule has 2 heterocycles. The highest BCUT2D eigenvalue weighted by molar-refractivity contribution is 5.81. The Hall–Kier alpha value is -2.01. The van der Waals surface area contributed by atoms with Crippen molar-refractivity contribution >= 4 is 11.5 Å². The molecule has 0 spiro atoms. The molecule has 118 valence electrons. The van der Waals surface area contributed by atoms with Crippen LogP contribution in [0.5, 0.6) is 0 Å². The third kappa shape index (κ3) is 2.95. The van der Waals surface area contributed by atoms with Crippen LogP contribution in [-0.4, -0.2) is 62.1 Å². The summed E-state index contributed by atoms with van der Waals surface area (Å²) in [7, 11) is 4.06. The first kappa shape index (κ1) is 14.9. The standard InChI is InChI=1S/C17H25N5/c1-14-19-17(13-16(18-2)20(14)3)22-11-9-21(10-12-22)15-7-5-4-6-8-15/h4-8,13,16,18H,9-12H2,1-3H3. The first-order chi connectivity index (χ1) is 10.7. The van der Waals surface area contributed by atoms with Gasteiger partial charge in [-0.2, -0.15) is 0 Å². The van der Waals surface area contributed by atoms with Crippen molar-refractivity contribution in [1.82, 2.24) is 15.1 Å². The van der Waals surface area contributed by atoms with Crippen LogP contribution in [0, 0.1) is 0 Å². The van der Waals surface area contributed by atoms with Gasteiger partial charge in [-0.3, -0.25) is 5.32 Å². The zero-order chi connectivity index (χ0) is 15.5. The number of rotatable bonds is 3. The summed E-state index contributed by atoms with van der Waals surface area (Å²) in [5.41, 5.74) is 1.31. The Morgan fingerprint density at radius 1 is 1.05 bits per heavy atom. The van der Waals surface area contributed by atoms with E-state index < -0.39 is 0 Å². The number of nitrogens with one attached hydrogen (secondary N) is 1. The summed E-state index contributed by atoms with van der Waals surface area (Å²) < 4.78 is 0. The lowest BCUT2D eigenvalue weighted by Crippen LogP contribution is -2.49. The Morgan fingerprint density at radius 3 is 2.32 bits per heavy atom. The van der Waals surface area contributed by atoms with E-state index in [1.165, 1.54) is 5.69 Å². The van der Waals surface area contributed by atoms with Crippen LogP contribution >= 0.6 is 0 Å². The van der Waals surface area contributed by atoms with Crippen molar-refractivity contribution in [2.75, 3.05) is 45.2 Å². The number of anilines is 1. The lowest BCUT2D eigenvalue weighted by Gasteiger charge is -2.40. The van der Waals surface area contributed by atoms with Gasteiger partial charge in [0.2, 0.25) is 0 Å². The molecule has 5 heteroatoms. The minimum Gasteiger partial charge on any atom is -0.368 e. The van der Waals surface area contributed by atoms with Crippen molar-refractivity contribution < 1.29 is 0 Å². The van der Waals surface area contributed by atoms with Crippen LogP contribution in [0.2, 0.25) is 0 Å². The van der Waals surface area contributed by atoms with Gasteiger partial charge in [-0.25, -0.2) is 4.99 Å². The molecule has 0 bridgehead atoms. The molecule has 3 rings (SSSR count). The van der Waals surface area contributed by atoms with E-state index in [0.29, 0.717) is 0 Å². The molecule has 0 amide bonds. The van der Waals surface area contributed by atoms with Gasteiger partial charge in [0.05, 0.1) is 0 Å². The molecule has 0 aromatic heterocycles. The molecule has 1 N–H and O–H groups in total. The number of amidine groups is 1. The summed E-state index contributed by atoms with van der Waals surface area (Å²) in [5, 5.41) is 3.32. The van der Waals surface area contributed by atoms with Gasteiger partial charge < -0.3 is 14.7 Å². The van der Waals surface area contributed by atoms with E-state index in [-0.39, 0.29) is 6.17 Å².